The molecule has 0 aliphatic carbocycles. The van der Waals surface area contributed by atoms with Gasteiger partial charge in [-0.2, -0.15) is 0 Å². The molecule has 3 aromatic rings. The minimum atomic E-state index is -0.742. The van der Waals surface area contributed by atoms with Crippen molar-refractivity contribution in [2.75, 3.05) is 5.32 Å². The molecule has 0 spiro atoms. The molecular formula is C21H18ClN3O3. The third-order valence-corrected chi connectivity index (χ3v) is 4.04. The molecule has 3 rings (SSSR count). The zero-order chi connectivity index (χ0) is 19.9. The van der Waals surface area contributed by atoms with E-state index < -0.39 is 11.8 Å². The van der Waals surface area contributed by atoms with Crippen LogP contribution in [0.2, 0.25) is 5.02 Å². The lowest BCUT2D eigenvalue weighted by Gasteiger charge is -2.05. The van der Waals surface area contributed by atoms with Crippen LogP contribution in [0.4, 0.5) is 11.4 Å². The van der Waals surface area contributed by atoms with Gasteiger partial charge in [-0.3, -0.25) is 14.6 Å². The van der Waals surface area contributed by atoms with Gasteiger partial charge < -0.3 is 15.1 Å². The molecule has 28 heavy (non-hydrogen) atoms. The van der Waals surface area contributed by atoms with E-state index in [9.17, 15) is 9.59 Å². The zero-order valence-corrected chi connectivity index (χ0v) is 15.9. The van der Waals surface area contributed by atoms with Gasteiger partial charge in [-0.25, -0.2) is 0 Å². The third-order valence-electron chi connectivity index (χ3n) is 3.79. The molecule has 2 aromatic carbocycles. The van der Waals surface area contributed by atoms with Gasteiger partial charge in [0.15, 0.2) is 0 Å². The lowest BCUT2D eigenvalue weighted by molar-refractivity contribution is -0.136. The topological polar surface area (TPSA) is 83.7 Å². The van der Waals surface area contributed by atoms with Crippen LogP contribution in [-0.4, -0.2) is 18.0 Å². The first-order chi connectivity index (χ1) is 13.5. The Kier molecular flexibility index (Phi) is 6.24. The Hall–Kier alpha value is -3.38. The quantitative estimate of drug-likeness (QED) is 0.500. The number of benzene rings is 2. The molecule has 6 nitrogen and oxygen atoms in total. The highest BCUT2D eigenvalue weighted by Gasteiger charge is 2.14. The number of amides is 2. The van der Waals surface area contributed by atoms with Crippen LogP contribution in [-0.2, 0) is 16.1 Å². The monoisotopic (exact) mass is 395 g/mol. The van der Waals surface area contributed by atoms with Crippen LogP contribution in [0.5, 0.6) is 0 Å². The van der Waals surface area contributed by atoms with Crippen molar-refractivity contribution in [3.8, 4) is 0 Å². The number of halogens is 1. The van der Waals surface area contributed by atoms with Crippen molar-refractivity contribution < 1.29 is 14.0 Å². The summed E-state index contributed by atoms with van der Waals surface area (Å²) in [6, 6.07) is 17.7. The lowest BCUT2D eigenvalue weighted by atomic mass is 10.2. The number of hydrogen-bond acceptors (Lipinski definition) is 4. The predicted octanol–water partition coefficient (Wildman–Crippen LogP) is 4.25. The van der Waals surface area contributed by atoms with Crippen molar-refractivity contribution in [2.45, 2.75) is 13.5 Å². The normalized spacial score (nSPS) is 10.8. The summed E-state index contributed by atoms with van der Waals surface area (Å²) in [5.41, 5.74) is 2.36. The summed E-state index contributed by atoms with van der Waals surface area (Å²) >= 11 is 5.83. The minimum Gasteiger partial charge on any atom is -0.458 e. The van der Waals surface area contributed by atoms with Crippen molar-refractivity contribution in [1.29, 1.82) is 0 Å². The SMILES string of the molecule is Cc1ccc(NC(=O)C(=O)NCc2ccc(C=Nc3ccc(Cl)cc3)o2)cc1. The Bertz CT molecular complexity index is 992. The second-order valence-corrected chi connectivity index (χ2v) is 6.48. The molecule has 0 aliphatic heterocycles. The van der Waals surface area contributed by atoms with Gasteiger partial charge in [-0.05, 0) is 55.5 Å². The molecule has 0 unspecified atom stereocenters. The van der Waals surface area contributed by atoms with Crippen LogP contribution in [0.1, 0.15) is 17.1 Å². The first-order valence-corrected chi connectivity index (χ1v) is 8.91. The number of furan rings is 1. The van der Waals surface area contributed by atoms with Crippen molar-refractivity contribution in [3.63, 3.8) is 0 Å². The van der Waals surface area contributed by atoms with Crippen molar-refractivity contribution >= 4 is 41.0 Å². The number of rotatable bonds is 5. The zero-order valence-electron chi connectivity index (χ0n) is 15.1. The largest absolute Gasteiger partial charge is 0.458 e. The summed E-state index contributed by atoms with van der Waals surface area (Å²) < 4.78 is 5.57. The van der Waals surface area contributed by atoms with Crippen LogP contribution in [0, 0.1) is 6.92 Å². The Balaban J connectivity index is 1.50. The van der Waals surface area contributed by atoms with E-state index in [0.717, 1.165) is 11.3 Å². The van der Waals surface area contributed by atoms with Gasteiger partial charge in [0, 0.05) is 10.7 Å². The highest BCUT2D eigenvalue weighted by molar-refractivity contribution is 6.39. The Morgan fingerprint density at radius 2 is 1.71 bits per heavy atom. The van der Waals surface area contributed by atoms with Crippen LogP contribution in [0.25, 0.3) is 0 Å². The van der Waals surface area contributed by atoms with E-state index in [1.54, 1.807) is 54.7 Å². The van der Waals surface area contributed by atoms with Gasteiger partial charge in [0.1, 0.15) is 11.5 Å². The van der Waals surface area contributed by atoms with E-state index in [1.807, 2.05) is 19.1 Å². The first kappa shape index (κ1) is 19.4. The summed E-state index contributed by atoms with van der Waals surface area (Å²) in [4.78, 5) is 28.1. The first-order valence-electron chi connectivity index (χ1n) is 8.54. The van der Waals surface area contributed by atoms with E-state index >= 15 is 0 Å². The fourth-order valence-corrected chi connectivity index (χ4v) is 2.42. The molecule has 2 amide bonds. The Labute approximate surface area is 167 Å². The van der Waals surface area contributed by atoms with E-state index in [2.05, 4.69) is 15.6 Å². The molecule has 0 aliphatic rings. The van der Waals surface area contributed by atoms with Crippen LogP contribution >= 0.6 is 11.6 Å². The lowest BCUT2D eigenvalue weighted by Crippen LogP contribution is -2.34. The van der Waals surface area contributed by atoms with Crippen LogP contribution in [0.3, 0.4) is 0 Å². The van der Waals surface area contributed by atoms with E-state index in [4.69, 9.17) is 16.0 Å². The summed E-state index contributed by atoms with van der Waals surface area (Å²) in [5, 5.41) is 5.70. The number of carbonyl (C=O) groups excluding carboxylic acids is 2. The number of hydrogen-bond donors (Lipinski definition) is 2. The molecule has 142 valence electrons. The highest BCUT2D eigenvalue weighted by atomic mass is 35.5. The number of anilines is 1. The molecule has 2 N–H and O–H groups in total. The number of carbonyl (C=O) groups is 2. The van der Waals surface area contributed by atoms with Gasteiger partial charge in [0.2, 0.25) is 0 Å². The van der Waals surface area contributed by atoms with Crippen LogP contribution < -0.4 is 10.6 Å². The highest BCUT2D eigenvalue weighted by Crippen LogP contribution is 2.16. The molecular weight excluding hydrogens is 378 g/mol. The molecule has 0 radical (unpaired) electrons. The molecule has 0 atom stereocenters. The molecule has 0 saturated carbocycles. The minimum absolute atomic E-state index is 0.0922. The summed E-state index contributed by atoms with van der Waals surface area (Å²) in [6.07, 6.45) is 1.57. The summed E-state index contributed by atoms with van der Waals surface area (Å²) in [6.45, 7) is 2.03. The maximum atomic E-state index is 11.9. The fourth-order valence-electron chi connectivity index (χ4n) is 2.30. The summed E-state index contributed by atoms with van der Waals surface area (Å²) in [7, 11) is 0. The van der Waals surface area contributed by atoms with Crippen molar-refractivity contribution in [2.24, 2.45) is 4.99 Å². The number of nitrogens with one attached hydrogen (secondary N) is 2. The summed E-state index contributed by atoms with van der Waals surface area (Å²) in [5.74, 6) is -0.439. The van der Waals surface area contributed by atoms with Gasteiger partial charge in [-0.15, -0.1) is 0 Å². The van der Waals surface area contributed by atoms with Crippen molar-refractivity contribution in [1.82, 2.24) is 5.32 Å². The molecule has 1 heterocycles. The standard InChI is InChI=1S/C21H18ClN3O3/c1-14-2-6-17(7-3-14)25-21(27)20(26)24-13-19-11-10-18(28-19)12-23-16-8-4-15(22)5-9-16/h2-12H,13H2,1H3,(H,24,26)(H,25,27). The fraction of sp³-hybridized carbons (Fsp3) is 0.0952. The third kappa shape index (κ3) is 5.56. The van der Waals surface area contributed by atoms with E-state index in [-0.39, 0.29) is 6.54 Å². The predicted molar refractivity (Wildman–Crippen MR) is 109 cm³/mol. The Morgan fingerprint density at radius 3 is 2.43 bits per heavy atom. The average Bonchev–Trinajstić information content (AvgIpc) is 3.15. The van der Waals surface area contributed by atoms with Gasteiger partial charge >= 0.3 is 11.8 Å². The second-order valence-electron chi connectivity index (χ2n) is 6.04. The second kappa shape index (κ2) is 9.01. The van der Waals surface area contributed by atoms with Crippen LogP contribution in [0.15, 0.2) is 70.1 Å². The maximum Gasteiger partial charge on any atom is 0.313 e. The molecule has 0 bridgehead atoms. The molecule has 0 saturated heterocycles. The number of aryl methyl sites for hydroxylation is 1. The van der Waals surface area contributed by atoms with E-state index in [1.165, 1.54) is 0 Å². The molecule has 0 fully saturated rings. The number of nitrogens with zero attached hydrogens (tertiary/aromatic N) is 1. The van der Waals surface area contributed by atoms with Crippen molar-refractivity contribution in [3.05, 3.63) is 82.8 Å². The maximum absolute atomic E-state index is 11.9. The average molecular weight is 396 g/mol. The Morgan fingerprint density at radius 1 is 1.00 bits per heavy atom. The van der Waals surface area contributed by atoms with Gasteiger partial charge in [0.05, 0.1) is 18.4 Å². The van der Waals surface area contributed by atoms with E-state index in [0.29, 0.717) is 22.2 Å². The number of aliphatic imine (C=N–C) groups is 1. The molecule has 1 aromatic heterocycles. The van der Waals surface area contributed by atoms with Gasteiger partial charge in [0.25, 0.3) is 0 Å². The smallest absolute Gasteiger partial charge is 0.313 e. The van der Waals surface area contributed by atoms with Gasteiger partial charge in [-0.1, -0.05) is 29.3 Å². The molecule has 7 heteroatoms.